The molecule has 94 valence electrons. The van der Waals surface area contributed by atoms with E-state index >= 15 is 0 Å². The molecule has 0 aliphatic carbocycles. The molecule has 0 amide bonds. The fourth-order valence-electron chi connectivity index (χ4n) is 2.42. The number of rotatable bonds is 3. The molecule has 1 fully saturated rings. The molecule has 0 aromatic heterocycles. The Labute approximate surface area is 113 Å². The molecule has 1 N–H and O–H groups in total. The minimum absolute atomic E-state index is 0.645. The van der Waals surface area contributed by atoms with E-state index in [2.05, 4.69) is 58.3 Å². The van der Waals surface area contributed by atoms with Crippen LogP contribution in [0.1, 0.15) is 17.5 Å². The molecule has 1 aromatic carbocycles. The summed E-state index contributed by atoms with van der Waals surface area (Å²) in [5.74, 6) is 0. The quantitative estimate of drug-likeness (QED) is 0.922. The Morgan fingerprint density at radius 3 is 3.06 bits per heavy atom. The van der Waals surface area contributed by atoms with Gasteiger partial charge < -0.3 is 10.2 Å². The van der Waals surface area contributed by atoms with E-state index in [1.165, 1.54) is 35.1 Å². The number of hydrogen-bond donors (Lipinski definition) is 1. The van der Waals surface area contributed by atoms with Crippen molar-refractivity contribution < 1.29 is 0 Å². The van der Waals surface area contributed by atoms with E-state index < -0.39 is 0 Å². The van der Waals surface area contributed by atoms with Crippen LogP contribution in [0.15, 0.2) is 22.7 Å². The van der Waals surface area contributed by atoms with Crippen molar-refractivity contribution in [3.63, 3.8) is 0 Å². The summed E-state index contributed by atoms with van der Waals surface area (Å²) in [4.78, 5) is 2.41. The van der Waals surface area contributed by atoms with E-state index in [0.717, 1.165) is 13.0 Å². The van der Waals surface area contributed by atoms with Gasteiger partial charge in [0, 0.05) is 30.1 Å². The number of benzene rings is 1. The van der Waals surface area contributed by atoms with Gasteiger partial charge in [-0.2, -0.15) is 0 Å². The van der Waals surface area contributed by atoms with Gasteiger partial charge in [0.1, 0.15) is 0 Å². The Balaban J connectivity index is 1.90. The predicted molar refractivity (Wildman–Crippen MR) is 76.5 cm³/mol. The van der Waals surface area contributed by atoms with Gasteiger partial charge in [0.2, 0.25) is 0 Å². The van der Waals surface area contributed by atoms with Crippen LogP contribution in [-0.4, -0.2) is 37.6 Å². The number of halogens is 1. The van der Waals surface area contributed by atoms with Crippen LogP contribution in [0, 0.1) is 6.92 Å². The van der Waals surface area contributed by atoms with Crippen LogP contribution in [0.3, 0.4) is 0 Å². The lowest BCUT2D eigenvalue weighted by atomic mass is 10.00. The molecule has 0 spiro atoms. The highest BCUT2D eigenvalue weighted by atomic mass is 79.9. The van der Waals surface area contributed by atoms with Crippen molar-refractivity contribution in [2.75, 3.05) is 26.7 Å². The highest BCUT2D eigenvalue weighted by molar-refractivity contribution is 9.10. The number of nitrogens with one attached hydrogen (secondary N) is 1. The first-order valence-corrected chi connectivity index (χ1v) is 7.11. The van der Waals surface area contributed by atoms with Crippen molar-refractivity contribution in [1.29, 1.82) is 0 Å². The summed E-state index contributed by atoms with van der Waals surface area (Å²) >= 11 is 3.55. The SMILES string of the molecule is Cc1ccc(Br)cc1CCC1CN(C)CCN1. The maximum atomic E-state index is 3.60. The molecule has 17 heavy (non-hydrogen) atoms. The van der Waals surface area contributed by atoms with Gasteiger partial charge in [-0.15, -0.1) is 0 Å². The van der Waals surface area contributed by atoms with Crippen LogP contribution < -0.4 is 5.32 Å². The Bertz CT molecular complexity index is 378. The van der Waals surface area contributed by atoms with Gasteiger partial charge in [-0.25, -0.2) is 0 Å². The number of nitrogens with zero attached hydrogens (tertiary/aromatic N) is 1. The van der Waals surface area contributed by atoms with Crippen LogP contribution in [-0.2, 0) is 6.42 Å². The fraction of sp³-hybridized carbons (Fsp3) is 0.571. The fourth-order valence-corrected chi connectivity index (χ4v) is 2.83. The van der Waals surface area contributed by atoms with Gasteiger partial charge in [0.05, 0.1) is 0 Å². The minimum Gasteiger partial charge on any atom is -0.311 e. The van der Waals surface area contributed by atoms with E-state index in [9.17, 15) is 0 Å². The average Bonchev–Trinajstić information content (AvgIpc) is 2.30. The monoisotopic (exact) mass is 296 g/mol. The predicted octanol–water partition coefficient (Wildman–Crippen LogP) is 2.59. The van der Waals surface area contributed by atoms with Crippen molar-refractivity contribution in [3.05, 3.63) is 33.8 Å². The first-order valence-electron chi connectivity index (χ1n) is 6.32. The highest BCUT2D eigenvalue weighted by Gasteiger charge is 2.16. The van der Waals surface area contributed by atoms with Gasteiger partial charge in [-0.1, -0.05) is 22.0 Å². The third kappa shape index (κ3) is 3.80. The normalized spacial score (nSPS) is 21.7. The smallest absolute Gasteiger partial charge is 0.0198 e. The summed E-state index contributed by atoms with van der Waals surface area (Å²) in [6.45, 7) is 5.67. The average molecular weight is 297 g/mol. The summed E-state index contributed by atoms with van der Waals surface area (Å²) < 4.78 is 1.19. The third-order valence-electron chi connectivity index (χ3n) is 3.53. The first-order chi connectivity index (χ1) is 8.15. The molecule has 3 heteroatoms. The van der Waals surface area contributed by atoms with Crippen LogP contribution >= 0.6 is 15.9 Å². The molecular weight excluding hydrogens is 276 g/mol. The Morgan fingerprint density at radius 1 is 1.47 bits per heavy atom. The summed E-state index contributed by atoms with van der Waals surface area (Å²) in [7, 11) is 2.21. The second kappa shape index (κ2) is 5.98. The lowest BCUT2D eigenvalue weighted by Crippen LogP contribution is -2.49. The third-order valence-corrected chi connectivity index (χ3v) is 4.03. The summed E-state index contributed by atoms with van der Waals surface area (Å²) in [6, 6.07) is 7.21. The standard InChI is InChI=1S/C14H21BrN2/c1-11-3-5-13(15)9-12(11)4-6-14-10-17(2)8-7-16-14/h3,5,9,14,16H,4,6-8,10H2,1-2H3. The molecule has 1 aliphatic heterocycles. The number of likely N-dealkylation sites (N-methyl/N-ethyl adjacent to an activating group) is 1. The minimum atomic E-state index is 0.645. The molecule has 1 aromatic rings. The van der Waals surface area contributed by atoms with Crippen molar-refractivity contribution in [1.82, 2.24) is 10.2 Å². The van der Waals surface area contributed by atoms with Gasteiger partial charge in [0.15, 0.2) is 0 Å². The van der Waals surface area contributed by atoms with Gasteiger partial charge in [-0.3, -0.25) is 0 Å². The molecule has 1 aliphatic rings. The zero-order chi connectivity index (χ0) is 12.3. The van der Waals surface area contributed by atoms with Crippen molar-refractivity contribution in [2.24, 2.45) is 0 Å². The maximum Gasteiger partial charge on any atom is 0.0198 e. The van der Waals surface area contributed by atoms with Gasteiger partial charge in [0.25, 0.3) is 0 Å². The second-order valence-electron chi connectivity index (χ2n) is 5.02. The van der Waals surface area contributed by atoms with Crippen LogP contribution in [0.25, 0.3) is 0 Å². The second-order valence-corrected chi connectivity index (χ2v) is 5.94. The number of piperazine rings is 1. The molecular formula is C14H21BrN2. The van der Waals surface area contributed by atoms with E-state index in [1.54, 1.807) is 0 Å². The molecule has 0 saturated carbocycles. The van der Waals surface area contributed by atoms with E-state index in [-0.39, 0.29) is 0 Å². The Hall–Kier alpha value is -0.380. The molecule has 1 unspecified atom stereocenters. The summed E-state index contributed by atoms with van der Waals surface area (Å²) in [6.07, 6.45) is 2.39. The zero-order valence-corrected chi connectivity index (χ0v) is 12.3. The van der Waals surface area contributed by atoms with Gasteiger partial charge >= 0.3 is 0 Å². The largest absolute Gasteiger partial charge is 0.311 e. The maximum absolute atomic E-state index is 3.60. The Morgan fingerprint density at radius 2 is 2.29 bits per heavy atom. The molecule has 1 heterocycles. The van der Waals surface area contributed by atoms with Crippen LogP contribution in [0.5, 0.6) is 0 Å². The van der Waals surface area contributed by atoms with E-state index in [0.29, 0.717) is 6.04 Å². The molecule has 0 radical (unpaired) electrons. The number of hydrogen-bond acceptors (Lipinski definition) is 2. The molecule has 1 saturated heterocycles. The van der Waals surface area contributed by atoms with Crippen molar-refractivity contribution in [2.45, 2.75) is 25.8 Å². The number of aryl methyl sites for hydroxylation is 2. The summed E-state index contributed by atoms with van der Waals surface area (Å²) in [5, 5.41) is 3.60. The molecule has 2 rings (SSSR count). The van der Waals surface area contributed by atoms with Crippen LogP contribution in [0.4, 0.5) is 0 Å². The first kappa shape index (κ1) is 13.1. The van der Waals surface area contributed by atoms with Crippen LogP contribution in [0.2, 0.25) is 0 Å². The topological polar surface area (TPSA) is 15.3 Å². The van der Waals surface area contributed by atoms with Gasteiger partial charge in [-0.05, 0) is 50.1 Å². The van der Waals surface area contributed by atoms with Crippen molar-refractivity contribution in [3.8, 4) is 0 Å². The molecule has 2 nitrogen and oxygen atoms in total. The Kier molecular flexibility index (Phi) is 4.60. The lowest BCUT2D eigenvalue weighted by molar-refractivity contribution is 0.232. The highest BCUT2D eigenvalue weighted by Crippen LogP contribution is 2.18. The molecule has 0 bridgehead atoms. The van der Waals surface area contributed by atoms with Crippen molar-refractivity contribution >= 4 is 15.9 Å². The van der Waals surface area contributed by atoms with E-state index in [1.807, 2.05) is 0 Å². The van der Waals surface area contributed by atoms with E-state index in [4.69, 9.17) is 0 Å². The zero-order valence-electron chi connectivity index (χ0n) is 10.7. The lowest BCUT2D eigenvalue weighted by Gasteiger charge is -2.31. The molecule has 1 atom stereocenters. The summed E-state index contributed by atoms with van der Waals surface area (Å²) in [5.41, 5.74) is 2.87.